The number of carbonyl (C=O) groups is 1. The van der Waals surface area contributed by atoms with Crippen LogP contribution in [-0.2, 0) is 19.5 Å². The summed E-state index contributed by atoms with van der Waals surface area (Å²) in [6.45, 7) is 3.14. The molecule has 4 heterocycles. The third kappa shape index (κ3) is 5.71. The van der Waals surface area contributed by atoms with Gasteiger partial charge in [-0.1, -0.05) is 6.07 Å². The fourth-order valence-electron chi connectivity index (χ4n) is 5.13. The highest BCUT2D eigenvalue weighted by Gasteiger charge is 2.44. The van der Waals surface area contributed by atoms with E-state index in [2.05, 4.69) is 16.1 Å². The van der Waals surface area contributed by atoms with Crippen LogP contribution in [0.1, 0.15) is 57.1 Å². The van der Waals surface area contributed by atoms with E-state index < -0.39 is 28.2 Å². The summed E-state index contributed by atoms with van der Waals surface area (Å²) >= 11 is 0. The van der Waals surface area contributed by atoms with Gasteiger partial charge in [0.25, 0.3) is 0 Å². The number of rotatable bonds is 2. The van der Waals surface area contributed by atoms with Crippen molar-refractivity contribution in [2.45, 2.75) is 75.6 Å². The third-order valence-corrected chi connectivity index (χ3v) is 7.42. The van der Waals surface area contributed by atoms with Crippen molar-refractivity contribution in [1.29, 1.82) is 0 Å². The summed E-state index contributed by atoms with van der Waals surface area (Å²) in [4.78, 5) is 19.3. The number of nitrogens with one attached hydrogen (secondary N) is 2. The zero-order valence-electron chi connectivity index (χ0n) is 18.8. The lowest BCUT2D eigenvalue weighted by Crippen LogP contribution is -2.50. The first-order valence-corrected chi connectivity index (χ1v) is 13.4. The van der Waals surface area contributed by atoms with Crippen LogP contribution in [0.2, 0.25) is 0 Å². The van der Waals surface area contributed by atoms with Crippen molar-refractivity contribution in [3.05, 3.63) is 23.9 Å². The van der Waals surface area contributed by atoms with Crippen LogP contribution in [0.15, 0.2) is 18.2 Å². The minimum Gasteiger partial charge on any atom is -0.449 e. The standard InChI is InChI=1S/C22H34N4O5S/c1-15-13-19(25-32(2,28)29)20-14-31-17-9-7-16(8-10-17)18-5-3-6-21(24-18)23-11-4-12-30-22(27)26(15)20/h3,5-6,15-17,19-20,25H,4,7-14H2,1-2H3,(H,23,24). The Labute approximate surface area is 190 Å². The first-order valence-electron chi connectivity index (χ1n) is 11.5. The quantitative estimate of drug-likeness (QED) is 0.689. The molecular weight excluding hydrogens is 432 g/mol. The molecule has 0 radical (unpaired) electrons. The molecule has 178 valence electrons. The van der Waals surface area contributed by atoms with Crippen molar-refractivity contribution in [2.75, 3.05) is 31.3 Å². The highest BCUT2D eigenvalue weighted by molar-refractivity contribution is 7.88. The Morgan fingerprint density at radius 1 is 1.22 bits per heavy atom. The van der Waals surface area contributed by atoms with Crippen molar-refractivity contribution in [3.63, 3.8) is 0 Å². The first kappa shape index (κ1) is 23.3. The lowest BCUT2D eigenvalue weighted by Gasteiger charge is -2.33. The molecule has 0 aromatic carbocycles. The molecule has 3 unspecified atom stereocenters. The molecule has 4 bridgehead atoms. The molecule has 1 amide bonds. The van der Waals surface area contributed by atoms with Gasteiger partial charge in [0, 0.05) is 30.2 Å². The Balaban J connectivity index is 1.51. The lowest BCUT2D eigenvalue weighted by molar-refractivity contribution is -0.0105. The number of fused-ring (bicyclic) bond motifs is 8. The van der Waals surface area contributed by atoms with Crippen molar-refractivity contribution in [3.8, 4) is 0 Å². The number of anilines is 1. The van der Waals surface area contributed by atoms with Gasteiger partial charge in [0.05, 0.1) is 31.6 Å². The summed E-state index contributed by atoms with van der Waals surface area (Å²) < 4.78 is 38.3. The molecule has 5 rings (SSSR count). The largest absolute Gasteiger partial charge is 0.449 e. The maximum absolute atomic E-state index is 12.9. The zero-order valence-corrected chi connectivity index (χ0v) is 19.6. The topological polar surface area (TPSA) is 110 Å². The second-order valence-electron chi connectivity index (χ2n) is 9.21. The Morgan fingerprint density at radius 3 is 2.75 bits per heavy atom. The minimum atomic E-state index is -3.41. The molecule has 10 heteroatoms. The first-order chi connectivity index (χ1) is 15.3. The molecule has 3 atom stereocenters. The number of amides is 1. The van der Waals surface area contributed by atoms with Crippen LogP contribution in [0.5, 0.6) is 0 Å². The highest BCUT2D eigenvalue weighted by atomic mass is 32.2. The Kier molecular flexibility index (Phi) is 7.21. The SMILES string of the molecule is CC1CC(NS(C)(=O)=O)C2COC3CCC(CC3)c3cccc(n3)NCCCOC(=O)N12. The molecular formula is C22H34N4O5S. The number of pyridine rings is 1. The molecule has 1 aromatic rings. The smallest absolute Gasteiger partial charge is 0.410 e. The molecule has 1 aliphatic carbocycles. The molecule has 1 saturated heterocycles. The summed E-state index contributed by atoms with van der Waals surface area (Å²) in [7, 11) is -3.41. The van der Waals surface area contributed by atoms with Crippen LogP contribution in [0.3, 0.4) is 0 Å². The predicted molar refractivity (Wildman–Crippen MR) is 121 cm³/mol. The van der Waals surface area contributed by atoms with E-state index in [4.69, 9.17) is 14.5 Å². The van der Waals surface area contributed by atoms with Gasteiger partial charge in [-0.05, 0) is 57.6 Å². The third-order valence-electron chi connectivity index (χ3n) is 6.69. The predicted octanol–water partition coefficient (Wildman–Crippen LogP) is 2.46. The van der Waals surface area contributed by atoms with Crippen molar-refractivity contribution in [1.82, 2.24) is 14.6 Å². The Bertz CT molecular complexity index is 903. The zero-order chi connectivity index (χ0) is 22.7. The van der Waals surface area contributed by atoms with Crippen molar-refractivity contribution >= 4 is 21.9 Å². The normalized spacial score (nSPS) is 32.0. The van der Waals surface area contributed by atoms with Crippen molar-refractivity contribution < 1.29 is 22.7 Å². The average molecular weight is 467 g/mol. The van der Waals surface area contributed by atoms with E-state index in [-0.39, 0.29) is 25.4 Å². The van der Waals surface area contributed by atoms with E-state index in [1.54, 1.807) is 4.90 Å². The van der Waals surface area contributed by atoms with Crippen LogP contribution >= 0.6 is 0 Å². The van der Waals surface area contributed by atoms with Gasteiger partial charge in [0.2, 0.25) is 10.0 Å². The summed E-state index contributed by atoms with van der Waals surface area (Å²) in [5, 5.41) is 3.32. The summed E-state index contributed by atoms with van der Waals surface area (Å²) in [5.74, 6) is 1.26. The van der Waals surface area contributed by atoms with E-state index >= 15 is 0 Å². The van der Waals surface area contributed by atoms with Gasteiger partial charge in [0.15, 0.2) is 0 Å². The summed E-state index contributed by atoms with van der Waals surface area (Å²) in [6, 6.07) is 5.16. The molecule has 1 saturated carbocycles. The lowest BCUT2D eigenvalue weighted by atomic mass is 9.85. The van der Waals surface area contributed by atoms with E-state index in [1.807, 2.05) is 19.1 Å². The minimum absolute atomic E-state index is 0.0934. The van der Waals surface area contributed by atoms with E-state index in [0.29, 0.717) is 25.3 Å². The van der Waals surface area contributed by atoms with Crippen LogP contribution in [0, 0.1) is 0 Å². The molecule has 2 fully saturated rings. The number of hydrogen-bond donors (Lipinski definition) is 2. The highest BCUT2D eigenvalue weighted by Crippen LogP contribution is 2.34. The number of nitrogens with zero attached hydrogens (tertiary/aromatic N) is 2. The maximum Gasteiger partial charge on any atom is 0.410 e. The van der Waals surface area contributed by atoms with Gasteiger partial charge in [-0.2, -0.15) is 0 Å². The second-order valence-corrected chi connectivity index (χ2v) is 11.0. The second kappa shape index (κ2) is 9.93. The molecule has 0 spiro atoms. The summed E-state index contributed by atoms with van der Waals surface area (Å²) in [6.07, 6.45) is 5.84. The number of hydrogen-bond acceptors (Lipinski definition) is 7. The molecule has 32 heavy (non-hydrogen) atoms. The molecule has 9 nitrogen and oxygen atoms in total. The molecule has 4 aliphatic rings. The summed E-state index contributed by atoms with van der Waals surface area (Å²) in [5.41, 5.74) is 1.11. The van der Waals surface area contributed by atoms with Crippen LogP contribution < -0.4 is 10.0 Å². The van der Waals surface area contributed by atoms with Gasteiger partial charge in [-0.3, -0.25) is 4.90 Å². The van der Waals surface area contributed by atoms with Crippen LogP contribution in [-0.4, -0.2) is 74.6 Å². The Hall–Kier alpha value is -1.91. The molecule has 1 aromatic heterocycles. The van der Waals surface area contributed by atoms with Gasteiger partial charge in [-0.25, -0.2) is 22.9 Å². The van der Waals surface area contributed by atoms with Crippen LogP contribution in [0.25, 0.3) is 0 Å². The van der Waals surface area contributed by atoms with Gasteiger partial charge in [0.1, 0.15) is 5.82 Å². The van der Waals surface area contributed by atoms with Crippen molar-refractivity contribution in [2.24, 2.45) is 0 Å². The van der Waals surface area contributed by atoms with E-state index in [0.717, 1.165) is 43.5 Å². The van der Waals surface area contributed by atoms with Gasteiger partial charge < -0.3 is 14.8 Å². The molecule has 3 aliphatic heterocycles. The van der Waals surface area contributed by atoms with Gasteiger partial charge in [-0.15, -0.1) is 0 Å². The van der Waals surface area contributed by atoms with E-state index in [9.17, 15) is 13.2 Å². The number of sulfonamides is 1. The average Bonchev–Trinajstić information content (AvgIpc) is 3.05. The van der Waals surface area contributed by atoms with E-state index in [1.165, 1.54) is 0 Å². The monoisotopic (exact) mass is 466 g/mol. The van der Waals surface area contributed by atoms with Crippen LogP contribution in [0.4, 0.5) is 10.6 Å². The fourth-order valence-corrected chi connectivity index (χ4v) is 5.94. The molecule has 2 N–H and O–H groups in total. The fraction of sp³-hybridized carbons (Fsp3) is 0.727. The Morgan fingerprint density at radius 2 is 2.00 bits per heavy atom. The maximum atomic E-state index is 12.9. The number of ether oxygens (including phenoxy) is 2. The number of carbonyl (C=O) groups excluding carboxylic acids is 1. The number of aromatic nitrogens is 1. The van der Waals surface area contributed by atoms with Gasteiger partial charge >= 0.3 is 6.09 Å².